The van der Waals surface area contributed by atoms with E-state index in [0.717, 1.165) is 17.8 Å². The zero-order chi connectivity index (χ0) is 11.9. The highest BCUT2D eigenvalue weighted by molar-refractivity contribution is 4.97. The minimum atomic E-state index is 0.466. The van der Waals surface area contributed by atoms with E-state index in [9.17, 15) is 0 Å². The van der Waals surface area contributed by atoms with Crippen molar-refractivity contribution in [2.24, 2.45) is 28.6 Å². The van der Waals surface area contributed by atoms with Crippen LogP contribution >= 0.6 is 0 Å². The predicted molar refractivity (Wildman–Crippen MR) is 68.9 cm³/mol. The Kier molecular flexibility index (Phi) is 3.58. The summed E-state index contributed by atoms with van der Waals surface area (Å²) in [5, 5.41) is 0. The summed E-state index contributed by atoms with van der Waals surface area (Å²) in [6, 6.07) is 0. The molecule has 1 saturated carbocycles. The third-order valence-electron chi connectivity index (χ3n) is 4.70. The quantitative estimate of drug-likeness (QED) is 0.592. The molecular weight excluding hydrogens is 180 g/mol. The smallest absolute Gasteiger partial charge is 0.0283 e. The highest BCUT2D eigenvalue weighted by atomic mass is 14.5. The molecule has 1 fully saturated rings. The molecular formula is C15H30. The van der Waals surface area contributed by atoms with E-state index in [4.69, 9.17) is 0 Å². The Balaban J connectivity index is 2.92. The lowest BCUT2D eigenvalue weighted by Gasteiger charge is -2.43. The molecule has 15 heavy (non-hydrogen) atoms. The SMILES string of the molecule is CCC(C)[C@H]1CCC(C)(C)[C@H]1C(C)(C)C. The zero-order valence-corrected chi connectivity index (χ0v) is 11.9. The monoisotopic (exact) mass is 210 g/mol. The van der Waals surface area contributed by atoms with Crippen molar-refractivity contribution >= 4 is 0 Å². The maximum absolute atomic E-state index is 2.48. The average Bonchev–Trinajstić information content (AvgIpc) is 2.39. The maximum atomic E-state index is 2.48. The minimum Gasteiger partial charge on any atom is -0.0651 e. The molecule has 0 saturated heterocycles. The van der Waals surface area contributed by atoms with Crippen LogP contribution in [0.5, 0.6) is 0 Å². The lowest BCUT2D eigenvalue weighted by molar-refractivity contribution is 0.0601. The fourth-order valence-electron chi connectivity index (χ4n) is 4.17. The third kappa shape index (κ3) is 2.57. The van der Waals surface area contributed by atoms with Gasteiger partial charge in [-0.15, -0.1) is 0 Å². The maximum Gasteiger partial charge on any atom is -0.0283 e. The molecule has 0 heterocycles. The van der Waals surface area contributed by atoms with Crippen molar-refractivity contribution in [1.29, 1.82) is 0 Å². The van der Waals surface area contributed by atoms with E-state index in [1.165, 1.54) is 19.3 Å². The van der Waals surface area contributed by atoms with Crippen molar-refractivity contribution in [2.45, 2.75) is 67.7 Å². The van der Waals surface area contributed by atoms with Crippen LogP contribution in [0, 0.1) is 28.6 Å². The van der Waals surface area contributed by atoms with Crippen LogP contribution in [-0.4, -0.2) is 0 Å². The fraction of sp³-hybridized carbons (Fsp3) is 1.00. The van der Waals surface area contributed by atoms with Gasteiger partial charge in [0.05, 0.1) is 0 Å². The van der Waals surface area contributed by atoms with Crippen molar-refractivity contribution < 1.29 is 0 Å². The first-order chi connectivity index (χ1) is 6.70. The number of hydrogen-bond donors (Lipinski definition) is 0. The largest absolute Gasteiger partial charge is 0.0651 e. The van der Waals surface area contributed by atoms with Crippen molar-refractivity contribution in [1.82, 2.24) is 0 Å². The van der Waals surface area contributed by atoms with E-state index in [-0.39, 0.29) is 0 Å². The molecule has 0 N–H and O–H groups in total. The van der Waals surface area contributed by atoms with Gasteiger partial charge >= 0.3 is 0 Å². The first kappa shape index (κ1) is 13.1. The van der Waals surface area contributed by atoms with E-state index >= 15 is 0 Å². The van der Waals surface area contributed by atoms with Gasteiger partial charge in [-0.05, 0) is 41.4 Å². The summed E-state index contributed by atoms with van der Waals surface area (Å²) in [6.45, 7) is 17.0. The molecule has 1 unspecified atom stereocenters. The molecule has 0 heteroatoms. The van der Waals surface area contributed by atoms with Gasteiger partial charge in [-0.3, -0.25) is 0 Å². The Morgan fingerprint density at radius 1 is 1.27 bits per heavy atom. The molecule has 0 spiro atoms. The second-order valence-electron chi connectivity index (χ2n) is 7.42. The highest BCUT2D eigenvalue weighted by Gasteiger charge is 2.48. The summed E-state index contributed by atoms with van der Waals surface area (Å²) < 4.78 is 0. The Bertz CT molecular complexity index is 207. The van der Waals surface area contributed by atoms with E-state index in [2.05, 4.69) is 48.5 Å². The Morgan fingerprint density at radius 2 is 1.80 bits per heavy atom. The lowest BCUT2D eigenvalue weighted by Crippen LogP contribution is -2.36. The first-order valence-electron chi connectivity index (χ1n) is 6.70. The first-order valence-corrected chi connectivity index (χ1v) is 6.70. The zero-order valence-electron chi connectivity index (χ0n) is 11.9. The summed E-state index contributed by atoms with van der Waals surface area (Å²) in [5.41, 5.74) is 1.01. The van der Waals surface area contributed by atoms with Crippen LogP contribution < -0.4 is 0 Å². The van der Waals surface area contributed by atoms with Gasteiger partial charge in [-0.1, -0.05) is 54.9 Å². The molecule has 0 nitrogen and oxygen atoms in total. The Morgan fingerprint density at radius 3 is 2.20 bits per heavy atom. The normalized spacial score (nSPS) is 33.0. The van der Waals surface area contributed by atoms with E-state index in [1.807, 2.05) is 0 Å². The minimum absolute atomic E-state index is 0.466. The van der Waals surface area contributed by atoms with Crippen molar-refractivity contribution in [3.05, 3.63) is 0 Å². The molecule has 1 rings (SSSR count). The second-order valence-corrected chi connectivity index (χ2v) is 7.42. The van der Waals surface area contributed by atoms with E-state index in [1.54, 1.807) is 0 Å². The van der Waals surface area contributed by atoms with Gasteiger partial charge in [-0.2, -0.15) is 0 Å². The molecule has 0 amide bonds. The van der Waals surface area contributed by atoms with Crippen LogP contribution in [0.2, 0.25) is 0 Å². The van der Waals surface area contributed by atoms with Gasteiger partial charge in [0.2, 0.25) is 0 Å². The predicted octanol–water partition coefficient (Wildman–Crippen LogP) is 5.13. The molecule has 0 aromatic heterocycles. The molecule has 1 aliphatic carbocycles. The molecule has 0 aliphatic heterocycles. The summed E-state index contributed by atoms with van der Waals surface area (Å²) in [5.74, 6) is 2.74. The standard InChI is InChI=1S/C15H30/c1-8-11(2)12-9-10-15(6,7)13(12)14(3,4)5/h11-13H,8-10H2,1-7H3/t11?,12-,13-/m1/s1. The van der Waals surface area contributed by atoms with Crippen LogP contribution in [-0.2, 0) is 0 Å². The highest BCUT2D eigenvalue weighted by Crippen LogP contribution is 2.56. The molecule has 0 radical (unpaired) electrons. The summed E-state index contributed by atoms with van der Waals surface area (Å²) >= 11 is 0. The van der Waals surface area contributed by atoms with Gasteiger partial charge < -0.3 is 0 Å². The molecule has 0 aromatic carbocycles. The Labute approximate surface area is 96.8 Å². The van der Waals surface area contributed by atoms with Crippen LogP contribution in [0.25, 0.3) is 0 Å². The van der Waals surface area contributed by atoms with Gasteiger partial charge in [0, 0.05) is 0 Å². The van der Waals surface area contributed by atoms with Crippen LogP contribution in [0.4, 0.5) is 0 Å². The Hall–Kier alpha value is 0. The van der Waals surface area contributed by atoms with Crippen molar-refractivity contribution in [3.8, 4) is 0 Å². The second kappa shape index (κ2) is 4.11. The van der Waals surface area contributed by atoms with Gasteiger partial charge in [0.25, 0.3) is 0 Å². The third-order valence-corrected chi connectivity index (χ3v) is 4.70. The summed E-state index contributed by atoms with van der Waals surface area (Å²) in [6.07, 6.45) is 4.21. The van der Waals surface area contributed by atoms with Crippen LogP contribution in [0.1, 0.15) is 67.7 Å². The van der Waals surface area contributed by atoms with Gasteiger partial charge in [-0.25, -0.2) is 0 Å². The van der Waals surface area contributed by atoms with Gasteiger partial charge in [0.1, 0.15) is 0 Å². The fourth-order valence-corrected chi connectivity index (χ4v) is 4.17. The number of rotatable bonds is 2. The molecule has 3 atom stereocenters. The summed E-state index contributed by atoms with van der Waals surface area (Å²) in [4.78, 5) is 0. The average molecular weight is 210 g/mol. The van der Waals surface area contributed by atoms with Crippen LogP contribution in [0.3, 0.4) is 0 Å². The van der Waals surface area contributed by atoms with Crippen molar-refractivity contribution in [3.63, 3.8) is 0 Å². The van der Waals surface area contributed by atoms with Crippen molar-refractivity contribution in [2.75, 3.05) is 0 Å². The number of hydrogen-bond acceptors (Lipinski definition) is 0. The summed E-state index contributed by atoms with van der Waals surface area (Å²) in [7, 11) is 0. The molecule has 0 bridgehead atoms. The van der Waals surface area contributed by atoms with Crippen LogP contribution in [0.15, 0.2) is 0 Å². The molecule has 90 valence electrons. The van der Waals surface area contributed by atoms with E-state index in [0.29, 0.717) is 10.8 Å². The molecule has 1 aliphatic rings. The molecule has 0 aromatic rings. The van der Waals surface area contributed by atoms with Gasteiger partial charge in [0.15, 0.2) is 0 Å². The lowest BCUT2D eigenvalue weighted by atomic mass is 9.62. The van der Waals surface area contributed by atoms with E-state index < -0.39 is 0 Å². The topological polar surface area (TPSA) is 0 Å².